The summed E-state index contributed by atoms with van der Waals surface area (Å²) in [4.78, 5) is 8.40. The Morgan fingerprint density at radius 1 is 1.21 bits per heavy atom. The number of pyridine rings is 1. The zero-order valence-corrected chi connectivity index (χ0v) is 10.8. The number of aromatic nitrogens is 2. The van der Waals surface area contributed by atoms with E-state index in [1.807, 2.05) is 36.4 Å². The Labute approximate surface area is 113 Å². The molecule has 0 aliphatic rings. The monoisotopic (exact) mass is 269 g/mol. The molecule has 2 aromatic heterocycles. The Morgan fingerprint density at radius 2 is 2.11 bits per heavy atom. The molecule has 0 radical (unpaired) electrons. The van der Waals surface area contributed by atoms with Crippen LogP contribution in [-0.4, -0.2) is 16.2 Å². The highest BCUT2D eigenvalue weighted by atomic mass is 32.1. The first-order valence-electron chi connectivity index (χ1n) is 5.68. The molecule has 3 aromatic rings. The number of nitrogens with two attached hydrogens (primary N) is 1. The second-order valence-electron chi connectivity index (χ2n) is 3.83. The van der Waals surface area contributed by atoms with Crippen LogP contribution in [0, 0.1) is 0 Å². The molecule has 6 heteroatoms. The zero-order chi connectivity index (χ0) is 13.1. The first-order valence-corrected chi connectivity index (χ1v) is 6.50. The number of rotatable bonds is 3. The van der Waals surface area contributed by atoms with Crippen molar-refractivity contribution in [1.82, 2.24) is 9.97 Å². The van der Waals surface area contributed by atoms with Crippen molar-refractivity contribution >= 4 is 38.7 Å². The fraction of sp³-hybridized carbons (Fsp3) is 0. The molecule has 3 N–H and O–H groups in total. The zero-order valence-electron chi connectivity index (χ0n) is 9.95. The molecule has 0 fully saturated rings. The molecule has 0 saturated carbocycles. The van der Waals surface area contributed by atoms with E-state index >= 15 is 0 Å². The van der Waals surface area contributed by atoms with E-state index in [0.29, 0.717) is 5.82 Å². The molecule has 2 heterocycles. The van der Waals surface area contributed by atoms with Gasteiger partial charge in [0.15, 0.2) is 0 Å². The molecule has 94 valence electrons. The van der Waals surface area contributed by atoms with E-state index in [1.165, 1.54) is 0 Å². The van der Waals surface area contributed by atoms with Gasteiger partial charge in [-0.25, -0.2) is 9.97 Å². The number of nitrogens with zero attached hydrogens (tertiary/aromatic N) is 3. The van der Waals surface area contributed by atoms with Crippen LogP contribution >= 0.6 is 11.3 Å². The van der Waals surface area contributed by atoms with Gasteiger partial charge in [-0.15, -0.1) is 0 Å². The van der Waals surface area contributed by atoms with Gasteiger partial charge < -0.3 is 5.73 Å². The van der Waals surface area contributed by atoms with Gasteiger partial charge in [0.05, 0.1) is 16.4 Å². The fourth-order valence-electron chi connectivity index (χ4n) is 1.62. The van der Waals surface area contributed by atoms with Crippen LogP contribution in [0.2, 0.25) is 0 Å². The number of anilines is 2. The molecular weight excluding hydrogens is 258 g/mol. The van der Waals surface area contributed by atoms with Crippen molar-refractivity contribution in [1.29, 1.82) is 0 Å². The standard InChI is InChI=1S/C13H11N5S/c14-12-9(4-3-7-15-12)8-16-18-13-17-10-5-1-2-6-11(10)19-13/h1-8H,(H2,14,15)(H,17,18)/b16-8+. The number of thiazole rings is 1. The minimum absolute atomic E-state index is 0.456. The van der Waals surface area contributed by atoms with Crippen LogP contribution in [-0.2, 0) is 0 Å². The van der Waals surface area contributed by atoms with Gasteiger partial charge in [-0.1, -0.05) is 23.5 Å². The van der Waals surface area contributed by atoms with Gasteiger partial charge in [-0.2, -0.15) is 5.10 Å². The van der Waals surface area contributed by atoms with E-state index in [1.54, 1.807) is 23.7 Å². The Hall–Kier alpha value is -2.47. The van der Waals surface area contributed by atoms with E-state index < -0.39 is 0 Å². The number of fused-ring (bicyclic) bond motifs is 1. The molecule has 19 heavy (non-hydrogen) atoms. The summed E-state index contributed by atoms with van der Waals surface area (Å²) in [5, 5.41) is 4.87. The summed E-state index contributed by atoms with van der Waals surface area (Å²) in [7, 11) is 0. The fourth-order valence-corrected chi connectivity index (χ4v) is 2.43. The molecular formula is C13H11N5S. The van der Waals surface area contributed by atoms with Crippen molar-refractivity contribution in [2.24, 2.45) is 5.10 Å². The lowest BCUT2D eigenvalue weighted by Crippen LogP contribution is -1.97. The van der Waals surface area contributed by atoms with Gasteiger partial charge in [0.2, 0.25) is 5.13 Å². The molecule has 3 rings (SSSR count). The van der Waals surface area contributed by atoms with E-state index in [2.05, 4.69) is 20.5 Å². The highest BCUT2D eigenvalue weighted by molar-refractivity contribution is 7.22. The van der Waals surface area contributed by atoms with Crippen LogP contribution in [0.4, 0.5) is 10.9 Å². The second kappa shape index (κ2) is 5.03. The van der Waals surface area contributed by atoms with Crippen molar-refractivity contribution in [3.05, 3.63) is 48.2 Å². The summed E-state index contributed by atoms with van der Waals surface area (Å²) >= 11 is 1.55. The van der Waals surface area contributed by atoms with Crippen molar-refractivity contribution in [3.8, 4) is 0 Å². The second-order valence-corrected chi connectivity index (χ2v) is 4.87. The summed E-state index contributed by atoms with van der Waals surface area (Å²) < 4.78 is 1.13. The molecule has 1 aromatic carbocycles. The number of nitrogens with one attached hydrogen (secondary N) is 1. The number of hydrogen-bond donors (Lipinski definition) is 2. The lowest BCUT2D eigenvalue weighted by atomic mass is 10.3. The van der Waals surface area contributed by atoms with Gasteiger partial charge in [0.25, 0.3) is 0 Å². The topological polar surface area (TPSA) is 76.2 Å². The van der Waals surface area contributed by atoms with Crippen molar-refractivity contribution in [3.63, 3.8) is 0 Å². The van der Waals surface area contributed by atoms with Crippen molar-refractivity contribution < 1.29 is 0 Å². The molecule has 0 bridgehead atoms. The maximum absolute atomic E-state index is 5.72. The Bertz CT molecular complexity index is 701. The quantitative estimate of drug-likeness (QED) is 0.566. The minimum atomic E-state index is 0.456. The molecule has 0 aliphatic carbocycles. The highest BCUT2D eigenvalue weighted by Gasteiger charge is 2.01. The van der Waals surface area contributed by atoms with Crippen LogP contribution in [0.5, 0.6) is 0 Å². The lowest BCUT2D eigenvalue weighted by molar-refractivity contribution is 1.29. The minimum Gasteiger partial charge on any atom is -0.383 e. The molecule has 0 aliphatic heterocycles. The molecule has 0 saturated heterocycles. The van der Waals surface area contributed by atoms with E-state index in [-0.39, 0.29) is 0 Å². The van der Waals surface area contributed by atoms with E-state index in [4.69, 9.17) is 5.73 Å². The van der Waals surface area contributed by atoms with Crippen LogP contribution in [0.25, 0.3) is 10.2 Å². The number of para-hydroxylation sites is 1. The molecule has 0 unspecified atom stereocenters. The van der Waals surface area contributed by atoms with Gasteiger partial charge in [-0.3, -0.25) is 5.43 Å². The first-order chi connectivity index (χ1) is 9.33. The number of hydrazone groups is 1. The van der Waals surface area contributed by atoms with Crippen molar-refractivity contribution in [2.45, 2.75) is 0 Å². The summed E-state index contributed by atoms with van der Waals surface area (Å²) in [5.41, 5.74) is 10.4. The molecule has 5 nitrogen and oxygen atoms in total. The van der Waals surface area contributed by atoms with Crippen LogP contribution in [0.1, 0.15) is 5.56 Å². The SMILES string of the molecule is Nc1ncccc1/C=N/Nc1nc2ccccc2s1. The van der Waals surface area contributed by atoms with Gasteiger partial charge in [-0.05, 0) is 24.3 Å². The smallest absolute Gasteiger partial charge is 0.204 e. The average Bonchev–Trinajstić information content (AvgIpc) is 2.83. The summed E-state index contributed by atoms with van der Waals surface area (Å²) in [6.45, 7) is 0. The molecule has 0 amide bonds. The predicted molar refractivity (Wildman–Crippen MR) is 79.5 cm³/mol. The Balaban J connectivity index is 1.77. The largest absolute Gasteiger partial charge is 0.383 e. The van der Waals surface area contributed by atoms with Crippen LogP contribution in [0.3, 0.4) is 0 Å². The maximum Gasteiger partial charge on any atom is 0.204 e. The third-order valence-electron chi connectivity index (χ3n) is 2.53. The summed E-state index contributed by atoms with van der Waals surface area (Å²) in [6.07, 6.45) is 3.28. The third-order valence-corrected chi connectivity index (χ3v) is 3.47. The van der Waals surface area contributed by atoms with Crippen molar-refractivity contribution in [2.75, 3.05) is 11.2 Å². The number of nitrogen functional groups attached to an aromatic ring is 1. The van der Waals surface area contributed by atoms with Crippen LogP contribution < -0.4 is 11.2 Å². The van der Waals surface area contributed by atoms with E-state index in [0.717, 1.165) is 20.9 Å². The molecule has 0 atom stereocenters. The van der Waals surface area contributed by atoms with Crippen LogP contribution in [0.15, 0.2) is 47.7 Å². The predicted octanol–water partition coefficient (Wildman–Crippen LogP) is 2.72. The normalized spacial score (nSPS) is 11.2. The summed E-state index contributed by atoms with van der Waals surface area (Å²) in [6, 6.07) is 11.6. The third kappa shape index (κ3) is 2.53. The lowest BCUT2D eigenvalue weighted by Gasteiger charge is -1.96. The maximum atomic E-state index is 5.72. The Kier molecular flexibility index (Phi) is 3.07. The first kappa shape index (κ1) is 11.6. The average molecular weight is 269 g/mol. The number of benzene rings is 1. The number of hydrogen-bond acceptors (Lipinski definition) is 6. The molecule has 0 spiro atoms. The van der Waals surface area contributed by atoms with E-state index in [9.17, 15) is 0 Å². The van der Waals surface area contributed by atoms with Gasteiger partial charge in [0, 0.05) is 11.8 Å². The Morgan fingerprint density at radius 3 is 2.95 bits per heavy atom. The van der Waals surface area contributed by atoms with Gasteiger partial charge in [0.1, 0.15) is 5.82 Å². The highest BCUT2D eigenvalue weighted by Crippen LogP contribution is 2.25. The summed E-state index contributed by atoms with van der Waals surface area (Å²) in [5.74, 6) is 0.456. The van der Waals surface area contributed by atoms with Gasteiger partial charge >= 0.3 is 0 Å².